The van der Waals surface area contributed by atoms with Crippen molar-refractivity contribution >= 4 is 53.1 Å². The lowest BCUT2D eigenvalue weighted by Crippen LogP contribution is -2.01. The number of hydrogen-bond donors (Lipinski definition) is 0. The zero-order chi connectivity index (χ0) is 33.7. The molecule has 0 unspecified atom stereocenters. The van der Waals surface area contributed by atoms with Crippen LogP contribution < -0.4 is 0 Å². The first-order valence-corrected chi connectivity index (χ1v) is 17.9. The van der Waals surface area contributed by atoms with E-state index >= 15 is 0 Å². The van der Waals surface area contributed by atoms with Crippen LogP contribution in [0.2, 0.25) is 0 Å². The third-order valence-electron chi connectivity index (χ3n) is 9.73. The summed E-state index contributed by atoms with van der Waals surface area (Å²) >= 11 is 1.79. The largest absolute Gasteiger partial charge is 0.208 e. The number of benzene rings is 8. The smallest absolute Gasteiger partial charge is 0.165 e. The fourth-order valence-electron chi connectivity index (χ4n) is 7.25. The van der Waals surface area contributed by atoms with Crippen molar-refractivity contribution in [1.82, 2.24) is 15.0 Å². The molecule has 3 nitrogen and oxygen atoms in total. The Morgan fingerprint density at radius 1 is 0.314 bits per heavy atom. The van der Waals surface area contributed by atoms with Gasteiger partial charge in [0.25, 0.3) is 0 Å². The molecule has 0 saturated carbocycles. The summed E-state index contributed by atoms with van der Waals surface area (Å²) < 4.78 is 2.43. The molecule has 0 aliphatic rings. The molecule has 0 amide bonds. The van der Waals surface area contributed by atoms with Gasteiger partial charge in [-0.1, -0.05) is 152 Å². The molecule has 4 heteroatoms. The van der Waals surface area contributed by atoms with E-state index < -0.39 is 0 Å². The molecule has 0 aliphatic carbocycles. The van der Waals surface area contributed by atoms with E-state index in [4.69, 9.17) is 15.0 Å². The molecule has 0 atom stereocenters. The van der Waals surface area contributed by atoms with Crippen LogP contribution in [-0.4, -0.2) is 15.0 Å². The zero-order valence-corrected chi connectivity index (χ0v) is 28.3. The Labute approximate surface area is 299 Å². The lowest BCUT2D eigenvalue weighted by atomic mass is 9.95. The lowest BCUT2D eigenvalue weighted by Gasteiger charge is -2.13. The molecular weight excluding hydrogens is 639 g/mol. The van der Waals surface area contributed by atoms with Gasteiger partial charge >= 0.3 is 0 Å². The van der Waals surface area contributed by atoms with Gasteiger partial charge in [0.05, 0.1) is 0 Å². The van der Waals surface area contributed by atoms with Gasteiger partial charge in [-0.3, -0.25) is 0 Å². The average molecular weight is 668 g/mol. The molecule has 0 N–H and O–H groups in total. The molecule has 0 fully saturated rings. The third kappa shape index (κ3) is 5.16. The van der Waals surface area contributed by atoms with Crippen molar-refractivity contribution < 1.29 is 0 Å². The van der Waals surface area contributed by atoms with Gasteiger partial charge in [-0.05, 0) is 68.1 Å². The summed E-state index contributed by atoms with van der Waals surface area (Å²) in [7, 11) is 0. The van der Waals surface area contributed by atoms with Crippen LogP contribution in [0.5, 0.6) is 0 Å². The Balaban J connectivity index is 1.19. The van der Waals surface area contributed by atoms with E-state index in [0.29, 0.717) is 17.5 Å². The average Bonchev–Trinajstić information content (AvgIpc) is 3.59. The molecular formula is C47H29N3S. The maximum Gasteiger partial charge on any atom is 0.165 e. The van der Waals surface area contributed by atoms with Gasteiger partial charge in [0.15, 0.2) is 17.5 Å². The van der Waals surface area contributed by atoms with E-state index in [1.807, 2.05) is 6.07 Å². The van der Waals surface area contributed by atoms with Crippen molar-refractivity contribution in [3.05, 3.63) is 176 Å². The standard InChI is InChI=1S/C47H29N3S/c1-2-12-31(13-3-1)37-17-6-7-19-41(37)46-48-45(49-47(50-46)42-22-11-21-40-39-18-8-9-23-43(39)51-44(40)42)34-27-25-30-24-26-33(28-35(30)29-34)38-20-10-15-32-14-4-5-16-36(32)38/h1-29H. The highest BCUT2D eigenvalue weighted by atomic mass is 32.1. The summed E-state index contributed by atoms with van der Waals surface area (Å²) in [4.78, 5) is 15.7. The van der Waals surface area contributed by atoms with E-state index in [1.54, 1.807) is 11.3 Å². The van der Waals surface area contributed by atoms with Gasteiger partial charge in [0, 0.05) is 36.9 Å². The second-order valence-corrected chi connectivity index (χ2v) is 13.9. The normalized spacial score (nSPS) is 11.5. The predicted molar refractivity (Wildman–Crippen MR) is 215 cm³/mol. The van der Waals surface area contributed by atoms with Crippen molar-refractivity contribution in [2.24, 2.45) is 0 Å². The summed E-state index contributed by atoms with van der Waals surface area (Å²) in [5, 5.41) is 7.25. The molecule has 8 aromatic carbocycles. The van der Waals surface area contributed by atoms with Crippen LogP contribution in [0.1, 0.15) is 0 Å². The van der Waals surface area contributed by atoms with Crippen molar-refractivity contribution in [3.63, 3.8) is 0 Å². The lowest BCUT2D eigenvalue weighted by molar-refractivity contribution is 1.08. The maximum atomic E-state index is 5.24. The van der Waals surface area contributed by atoms with Crippen molar-refractivity contribution in [2.45, 2.75) is 0 Å². The minimum absolute atomic E-state index is 0.647. The van der Waals surface area contributed by atoms with Crippen molar-refractivity contribution in [1.29, 1.82) is 0 Å². The molecule has 0 radical (unpaired) electrons. The first-order chi connectivity index (χ1) is 25.3. The molecule has 0 saturated heterocycles. The third-order valence-corrected chi connectivity index (χ3v) is 11.0. The Kier molecular flexibility index (Phi) is 7.00. The number of aromatic nitrogens is 3. The van der Waals surface area contributed by atoms with Crippen LogP contribution in [0, 0.1) is 0 Å². The highest BCUT2D eigenvalue weighted by Crippen LogP contribution is 2.40. The molecule has 0 aliphatic heterocycles. The number of fused-ring (bicyclic) bond motifs is 5. The van der Waals surface area contributed by atoms with Gasteiger partial charge in [-0.15, -0.1) is 11.3 Å². The second-order valence-electron chi connectivity index (χ2n) is 12.8. The van der Waals surface area contributed by atoms with E-state index in [1.165, 1.54) is 47.5 Å². The number of nitrogens with zero attached hydrogens (tertiary/aromatic N) is 3. The highest BCUT2D eigenvalue weighted by molar-refractivity contribution is 7.26. The van der Waals surface area contributed by atoms with Gasteiger partial charge in [0.1, 0.15) is 0 Å². The summed E-state index contributed by atoms with van der Waals surface area (Å²) in [6.07, 6.45) is 0. The zero-order valence-electron chi connectivity index (χ0n) is 27.5. The highest BCUT2D eigenvalue weighted by Gasteiger charge is 2.18. The molecule has 238 valence electrons. The molecule has 0 bridgehead atoms. The fourth-order valence-corrected chi connectivity index (χ4v) is 8.46. The van der Waals surface area contributed by atoms with E-state index in [0.717, 1.165) is 33.2 Å². The maximum absolute atomic E-state index is 5.24. The molecule has 51 heavy (non-hydrogen) atoms. The van der Waals surface area contributed by atoms with Gasteiger partial charge in [-0.2, -0.15) is 0 Å². The summed E-state index contributed by atoms with van der Waals surface area (Å²) in [6.45, 7) is 0. The Morgan fingerprint density at radius 3 is 1.78 bits per heavy atom. The number of thiophene rings is 1. The van der Waals surface area contributed by atoms with Crippen LogP contribution in [0.4, 0.5) is 0 Å². The number of hydrogen-bond acceptors (Lipinski definition) is 4. The topological polar surface area (TPSA) is 38.7 Å². The minimum atomic E-state index is 0.647. The van der Waals surface area contributed by atoms with Gasteiger partial charge < -0.3 is 0 Å². The van der Waals surface area contributed by atoms with Crippen molar-refractivity contribution in [2.75, 3.05) is 0 Å². The Morgan fingerprint density at radius 2 is 0.902 bits per heavy atom. The SMILES string of the molecule is c1ccc(-c2ccccc2-c2nc(-c3ccc4ccc(-c5cccc6ccccc56)cc4c3)nc(-c3cccc4c3sc3ccccc34)n2)cc1. The van der Waals surface area contributed by atoms with Crippen LogP contribution in [0.15, 0.2) is 176 Å². The van der Waals surface area contributed by atoms with E-state index in [-0.39, 0.29) is 0 Å². The number of rotatable bonds is 5. The van der Waals surface area contributed by atoms with Gasteiger partial charge in [0.2, 0.25) is 0 Å². The monoisotopic (exact) mass is 667 g/mol. The van der Waals surface area contributed by atoms with Crippen molar-refractivity contribution in [3.8, 4) is 56.4 Å². The summed E-state index contributed by atoms with van der Waals surface area (Å²) in [6, 6.07) is 62.2. The second kappa shape index (κ2) is 12.1. The molecule has 10 rings (SSSR count). The van der Waals surface area contributed by atoms with Crippen LogP contribution >= 0.6 is 11.3 Å². The van der Waals surface area contributed by atoms with E-state index in [2.05, 4.69) is 170 Å². The Bertz CT molecular complexity index is 2920. The fraction of sp³-hybridized carbons (Fsp3) is 0. The quantitative estimate of drug-likeness (QED) is 0.183. The molecule has 2 aromatic heterocycles. The first kappa shape index (κ1) is 29.4. The van der Waals surface area contributed by atoms with Gasteiger partial charge in [-0.25, -0.2) is 15.0 Å². The van der Waals surface area contributed by atoms with Crippen LogP contribution in [-0.2, 0) is 0 Å². The van der Waals surface area contributed by atoms with Crippen LogP contribution in [0.3, 0.4) is 0 Å². The predicted octanol–water partition coefficient (Wildman–Crippen LogP) is 12.9. The molecule has 0 spiro atoms. The summed E-state index contributed by atoms with van der Waals surface area (Å²) in [5.41, 5.74) is 7.53. The minimum Gasteiger partial charge on any atom is -0.208 e. The first-order valence-electron chi connectivity index (χ1n) is 17.1. The molecule has 10 aromatic rings. The van der Waals surface area contributed by atoms with Crippen LogP contribution in [0.25, 0.3) is 98.1 Å². The van der Waals surface area contributed by atoms with E-state index in [9.17, 15) is 0 Å². The Hall–Kier alpha value is -6.49. The summed E-state index contributed by atoms with van der Waals surface area (Å²) in [5.74, 6) is 1.96. The molecule has 2 heterocycles.